The van der Waals surface area contributed by atoms with Gasteiger partial charge in [0.15, 0.2) is 0 Å². The molecule has 1 aromatic rings. The number of carbonyl (C=O) groups is 1. The monoisotopic (exact) mass is 194 g/mol. The van der Waals surface area contributed by atoms with Gasteiger partial charge >= 0.3 is 0 Å². The summed E-state index contributed by atoms with van der Waals surface area (Å²) < 4.78 is 4.99. The molecule has 14 heavy (non-hydrogen) atoms. The summed E-state index contributed by atoms with van der Waals surface area (Å²) in [5.41, 5.74) is 6.46. The molecule has 4 nitrogen and oxygen atoms in total. The van der Waals surface area contributed by atoms with Crippen LogP contribution in [0, 0.1) is 0 Å². The molecule has 1 atom stereocenters. The fourth-order valence-electron chi connectivity index (χ4n) is 1.12. The molecule has 0 aliphatic heterocycles. The van der Waals surface area contributed by atoms with Crippen LogP contribution in [0.1, 0.15) is 11.6 Å². The van der Waals surface area contributed by atoms with E-state index in [0.717, 1.165) is 11.3 Å². The van der Waals surface area contributed by atoms with E-state index < -0.39 is 6.04 Å². The summed E-state index contributed by atoms with van der Waals surface area (Å²) in [7, 11) is 3.15. The van der Waals surface area contributed by atoms with Crippen LogP contribution >= 0.6 is 0 Å². The number of amides is 1. The minimum Gasteiger partial charge on any atom is -0.497 e. The van der Waals surface area contributed by atoms with Crippen molar-refractivity contribution in [1.29, 1.82) is 0 Å². The Morgan fingerprint density at radius 3 is 2.43 bits per heavy atom. The Kier molecular flexibility index (Phi) is 3.48. The highest BCUT2D eigenvalue weighted by molar-refractivity contribution is 5.82. The van der Waals surface area contributed by atoms with Gasteiger partial charge in [0.1, 0.15) is 11.8 Å². The summed E-state index contributed by atoms with van der Waals surface area (Å²) in [6.07, 6.45) is 0. The minimum atomic E-state index is -0.620. The zero-order valence-corrected chi connectivity index (χ0v) is 8.28. The van der Waals surface area contributed by atoms with Crippen LogP contribution in [-0.2, 0) is 4.79 Å². The molecular weight excluding hydrogens is 180 g/mol. The van der Waals surface area contributed by atoms with E-state index in [0.29, 0.717) is 0 Å². The van der Waals surface area contributed by atoms with E-state index in [4.69, 9.17) is 10.5 Å². The van der Waals surface area contributed by atoms with Gasteiger partial charge in [-0.2, -0.15) is 0 Å². The Labute approximate surface area is 83.1 Å². The van der Waals surface area contributed by atoms with E-state index in [2.05, 4.69) is 5.32 Å². The number of likely N-dealkylation sites (N-methyl/N-ethyl adjacent to an activating group) is 1. The molecule has 1 aromatic carbocycles. The number of benzene rings is 1. The van der Waals surface area contributed by atoms with Gasteiger partial charge in [-0.05, 0) is 17.7 Å². The lowest BCUT2D eigenvalue weighted by Crippen LogP contribution is -2.31. The fourth-order valence-corrected chi connectivity index (χ4v) is 1.12. The van der Waals surface area contributed by atoms with Crippen molar-refractivity contribution in [3.63, 3.8) is 0 Å². The second-order valence-electron chi connectivity index (χ2n) is 2.87. The fraction of sp³-hybridized carbons (Fsp3) is 0.300. The standard InChI is InChI=1S/C10H14N2O2/c1-12-10(13)9(11)7-3-5-8(14-2)6-4-7/h3-6,9H,11H2,1-2H3,(H,12,13). The van der Waals surface area contributed by atoms with Gasteiger partial charge in [0.25, 0.3) is 0 Å². The Bertz CT molecular complexity index is 308. The molecule has 3 N–H and O–H groups in total. The number of rotatable bonds is 3. The first-order chi connectivity index (χ1) is 6.69. The number of nitrogens with two attached hydrogens (primary N) is 1. The summed E-state index contributed by atoms with van der Waals surface area (Å²) in [4.78, 5) is 11.2. The number of hydrogen-bond acceptors (Lipinski definition) is 3. The summed E-state index contributed by atoms with van der Waals surface area (Å²) in [5.74, 6) is 0.549. The first-order valence-corrected chi connectivity index (χ1v) is 4.30. The van der Waals surface area contributed by atoms with Crippen molar-refractivity contribution in [2.75, 3.05) is 14.2 Å². The Hall–Kier alpha value is -1.55. The van der Waals surface area contributed by atoms with Crippen molar-refractivity contribution < 1.29 is 9.53 Å². The molecule has 0 radical (unpaired) electrons. The maximum atomic E-state index is 11.2. The van der Waals surface area contributed by atoms with Crippen LogP contribution in [0.15, 0.2) is 24.3 Å². The highest BCUT2D eigenvalue weighted by Gasteiger charge is 2.13. The normalized spacial score (nSPS) is 11.9. The molecule has 1 amide bonds. The van der Waals surface area contributed by atoms with Gasteiger partial charge in [0.05, 0.1) is 7.11 Å². The van der Waals surface area contributed by atoms with Crippen molar-refractivity contribution >= 4 is 5.91 Å². The number of methoxy groups -OCH3 is 1. The second kappa shape index (κ2) is 4.62. The Morgan fingerprint density at radius 2 is 2.00 bits per heavy atom. The average Bonchev–Trinajstić information content (AvgIpc) is 2.27. The first-order valence-electron chi connectivity index (χ1n) is 4.30. The molecule has 0 saturated heterocycles. The molecular formula is C10H14N2O2. The van der Waals surface area contributed by atoms with Gasteiger partial charge in [-0.1, -0.05) is 12.1 Å². The van der Waals surface area contributed by atoms with E-state index in [1.54, 1.807) is 38.4 Å². The largest absolute Gasteiger partial charge is 0.497 e. The molecule has 0 heterocycles. The molecule has 4 heteroatoms. The lowest BCUT2D eigenvalue weighted by Gasteiger charge is -2.10. The van der Waals surface area contributed by atoms with Crippen LogP contribution in [0.25, 0.3) is 0 Å². The molecule has 0 aliphatic carbocycles. The van der Waals surface area contributed by atoms with Crippen LogP contribution in [0.3, 0.4) is 0 Å². The molecule has 0 fully saturated rings. The molecule has 1 rings (SSSR count). The van der Waals surface area contributed by atoms with E-state index in [9.17, 15) is 4.79 Å². The summed E-state index contributed by atoms with van der Waals surface area (Å²) >= 11 is 0. The molecule has 0 aliphatic rings. The lowest BCUT2D eigenvalue weighted by molar-refractivity contribution is -0.121. The maximum Gasteiger partial charge on any atom is 0.241 e. The number of ether oxygens (including phenoxy) is 1. The highest BCUT2D eigenvalue weighted by atomic mass is 16.5. The van der Waals surface area contributed by atoms with Gasteiger partial charge in [-0.25, -0.2) is 0 Å². The molecule has 0 aromatic heterocycles. The van der Waals surface area contributed by atoms with Gasteiger partial charge < -0.3 is 15.8 Å². The summed E-state index contributed by atoms with van der Waals surface area (Å²) in [6, 6.07) is 6.49. The van der Waals surface area contributed by atoms with Crippen LogP contribution in [0.4, 0.5) is 0 Å². The molecule has 76 valence electrons. The van der Waals surface area contributed by atoms with Crippen molar-refractivity contribution in [2.24, 2.45) is 5.73 Å². The van der Waals surface area contributed by atoms with E-state index in [1.165, 1.54) is 0 Å². The smallest absolute Gasteiger partial charge is 0.241 e. The molecule has 0 saturated carbocycles. The average molecular weight is 194 g/mol. The minimum absolute atomic E-state index is 0.199. The van der Waals surface area contributed by atoms with Crippen LogP contribution in [-0.4, -0.2) is 20.1 Å². The highest BCUT2D eigenvalue weighted by Crippen LogP contribution is 2.15. The van der Waals surface area contributed by atoms with E-state index in [1.807, 2.05) is 0 Å². The van der Waals surface area contributed by atoms with Gasteiger partial charge in [-0.3, -0.25) is 4.79 Å². The number of carbonyl (C=O) groups excluding carboxylic acids is 1. The van der Waals surface area contributed by atoms with Crippen LogP contribution in [0.5, 0.6) is 5.75 Å². The quantitative estimate of drug-likeness (QED) is 0.734. The van der Waals surface area contributed by atoms with Crippen molar-refractivity contribution in [1.82, 2.24) is 5.32 Å². The van der Waals surface area contributed by atoms with Gasteiger partial charge in [0, 0.05) is 7.05 Å². The van der Waals surface area contributed by atoms with Crippen molar-refractivity contribution in [3.8, 4) is 5.75 Å². The molecule has 1 unspecified atom stereocenters. The third-order valence-electron chi connectivity index (χ3n) is 2.00. The van der Waals surface area contributed by atoms with Crippen molar-refractivity contribution in [3.05, 3.63) is 29.8 Å². The summed E-state index contributed by atoms with van der Waals surface area (Å²) in [6.45, 7) is 0. The van der Waals surface area contributed by atoms with Gasteiger partial charge in [-0.15, -0.1) is 0 Å². The second-order valence-corrected chi connectivity index (χ2v) is 2.87. The Balaban J connectivity index is 2.81. The molecule has 0 bridgehead atoms. The predicted molar refractivity (Wildman–Crippen MR) is 54.0 cm³/mol. The maximum absolute atomic E-state index is 11.2. The third kappa shape index (κ3) is 2.23. The van der Waals surface area contributed by atoms with E-state index >= 15 is 0 Å². The number of nitrogens with one attached hydrogen (secondary N) is 1. The molecule has 0 spiro atoms. The van der Waals surface area contributed by atoms with Crippen molar-refractivity contribution in [2.45, 2.75) is 6.04 Å². The van der Waals surface area contributed by atoms with Gasteiger partial charge in [0.2, 0.25) is 5.91 Å². The SMILES string of the molecule is CNC(=O)C(N)c1ccc(OC)cc1. The zero-order valence-electron chi connectivity index (χ0n) is 8.28. The number of hydrogen-bond donors (Lipinski definition) is 2. The topological polar surface area (TPSA) is 64.4 Å². The summed E-state index contributed by atoms with van der Waals surface area (Å²) in [5, 5.41) is 2.50. The first kappa shape index (κ1) is 10.5. The van der Waals surface area contributed by atoms with E-state index in [-0.39, 0.29) is 5.91 Å². The third-order valence-corrected chi connectivity index (χ3v) is 2.00. The zero-order chi connectivity index (χ0) is 10.6. The lowest BCUT2D eigenvalue weighted by atomic mass is 10.1. The van der Waals surface area contributed by atoms with Crippen LogP contribution < -0.4 is 15.8 Å². The predicted octanol–water partition coefficient (Wildman–Crippen LogP) is 0.441. The van der Waals surface area contributed by atoms with Crippen LogP contribution in [0.2, 0.25) is 0 Å². The Morgan fingerprint density at radius 1 is 1.43 bits per heavy atom.